The third-order valence-electron chi connectivity index (χ3n) is 5.20. The summed E-state index contributed by atoms with van der Waals surface area (Å²) in [5.41, 5.74) is 3.23. The van der Waals surface area contributed by atoms with Gasteiger partial charge in [0.25, 0.3) is 5.91 Å². The largest absolute Gasteiger partial charge is 0.493 e. The molecule has 0 fully saturated rings. The van der Waals surface area contributed by atoms with Crippen LogP contribution in [0.1, 0.15) is 44.6 Å². The van der Waals surface area contributed by atoms with Crippen LogP contribution in [0.5, 0.6) is 5.75 Å². The van der Waals surface area contributed by atoms with E-state index in [1.54, 1.807) is 19.1 Å². The van der Waals surface area contributed by atoms with Crippen LogP contribution in [0.25, 0.3) is 0 Å². The van der Waals surface area contributed by atoms with Gasteiger partial charge in [-0.2, -0.15) is 5.26 Å². The summed E-state index contributed by atoms with van der Waals surface area (Å²) in [6.45, 7) is 2.69. The Hall–Kier alpha value is -3.26. The number of nitrogens with zero attached hydrogens (tertiary/aromatic N) is 3. The second-order valence-corrected chi connectivity index (χ2v) is 9.85. The number of hydrogen-bond donors (Lipinski definition) is 2. The Bertz CT molecular complexity index is 1250. The van der Waals surface area contributed by atoms with Gasteiger partial charge in [0.1, 0.15) is 22.4 Å². The van der Waals surface area contributed by atoms with Gasteiger partial charge in [0.2, 0.25) is 0 Å². The monoisotopic (exact) mass is 482 g/mol. The first-order valence-corrected chi connectivity index (χ1v) is 12.6. The van der Waals surface area contributed by atoms with Crippen LogP contribution >= 0.6 is 11.3 Å². The number of anilines is 2. The number of thiazole rings is 1. The van der Waals surface area contributed by atoms with Crippen molar-refractivity contribution in [2.24, 2.45) is 0 Å². The Labute approximate surface area is 198 Å². The number of hydrogen-bond acceptors (Lipinski definition) is 8. The first-order chi connectivity index (χ1) is 15.9. The summed E-state index contributed by atoms with van der Waals surface area (Å²) in [6, 6.07) is 14.9. The molecular weight excluding hydrogens is 460 g/mol. The SMILES string of the molecule is Cc1sc(N(Cc2ccc3c(c2)C(O)CCO3)c2ccc(C#N)cc2)nc1C(=O)NS(C)=O. The molecule has 2 unspecified atom stereocenters. The maximum atomic E-state index is 12.4. The highest BCUT2D eigenvalue weighted by atomic mass is 32.2. The number of carbonyl (C=O) groups excluding carboxylic acids is 1. The van der Waals surface area contributed by atoms with E-state index in [0.29, 0.717) is 40.9 Å². The van der Waals surface area contributed by atoms with Gasteiger partial charge in [-0.3, -0.25) is 9.52 Å². The number of aryl methyl sites for hydroxylation is 1. The molecule has 1 aromatic heterocycles. The molecule has 2 aromatic carbocycles. The molecule has 170 valence electrons. The third-order valence-corrected chi connectivity index (χ3v) is 6.67. The minimum Gasteiger partial charge on any atom is -0.493 e. The van der Waals surface area contributed by atoms with Crippen LogP contribution < -0.4 is 14.4 Å². The summed E-state index contributed by atoms with van der Waals surface area (Å²) in [4.78, 5) is 19.6. The van der Waals surface area contributed by atoms with Gasteiger partial charge in [0, 0.05) is 28.8 Å². The van der Waals surface area contributed by atoms with Crippen molar-refractivity contribution in [3.8, 4) is 11.8 Å². The zero-order chi connectivity index (χ0) is 23.5. The molecule has 0 radical (unpaired) electrons. The molecular formula is C23H22N4O4S2. The quantitative estimate of drug-likeness (QED) is 0.552. The van der Waals surface area contributed by atoms with Gasteiger partial charge in [-0.1, -0.05) is 6.07 Å². The van der Waals surface area contributed by atoms with Gasteiger partial charge < -0.3 is 14.7 Å². The lowest BCUT2D eigenvalue weighted by Gasteiger charge is -2.25. The van der Waals surface area contributed by atoms with E-state index in [-0.39, 0.29) is 5.69 Å². The van der Waals surface area contributed by atoms with Crippen LogP contribution in [0.15, 0.2) is 42.5 Å². The first kappa shape index (κ1) is 22.9. The predicted octanol–water partition coefficient (Wildman–Crippen LogP) is 3.50. The average molecular weight is 483 g/mol. The summed E-state index contributed by atoms with van der Waals surface area (Å²) in [7, 11) is -1.50. The summed E-state index contributed by atoms with van der Waals surface area (Å²) < 4.78 is 19.5. The number of benzene rings is 2. The number of aliphatic hydroxyl groups excluding tert-OH is 1. The molecule has 0 bridgehead atoms. The number of nitrogens with one attached hydrogen (secondary N) is 1. The summed E-state index contributed by atoms with van der Waals surface area (Å²) in [5, 5.41) is 20.1. The van der Waals surface area contributed by atoms with E-state index < -0.39 is 23.0 Å². The summed E-state index contributed by atoms with van der Waals surface area (Å²) >= 11 is 1.35. The van der Waals surface area contributed by atoms with Crippen molar-refractivity contribution in [1.29, 1.82) is 5.26 Å². The number of fused-ring (bicyclic) bond motifs is 1. The molecule has 0 spiro atoms. The second-order valence-electron chi connectivity index (χ2n) is 7.56. The molecule has 0 saturated carbocycles. The molecule has 1 aliphatic heterocycles. The van der Waals surface area contributed by atoms with Crippen molar-refractivity contribution in [3.05, 3.63) is 69.7 Å². The lowest BCUT2D eigenvalue weighted by atomic mass is 10.0. The molecule has 33 heavy (non-hydrogen) atoms. The van der Waals surface area contributed by atoms with E-state index in [4.69, 9.17) is 10.00 Å². The second kappa shape index (κ2) is 9.70. The van der Waals surface area contributed by atoms with Gasteiger partial charge in [0.15, 0.2) is 5.13 Å². The number of carbonyl (C=O) groups is 1. The minimum absolute atomic E-state index is 0.220. The Morgan fingerprint density at radius 3 is 2.82 bits per heavy atom. The predicted molar refractivity (Wildman–Crippen MR) is 127 cm³/mol. The fourth-order valence-corrected chi connectivity index (χ4v) is 4.86. The van der Waals surface area contributed by atoms with Crippen LogP contribution in [-0.2, 0) is 17.5 Å². The van der Waals surface area contributed by atoms with Crippen molar-refractivity contribution >= 4 is 39.0 Å². The Morgan fingerprint density at radius 2 is 2.12 bits per heavy atom. The topological polar surface area (TPSA) is 116 Å². The van der Waals surface area contributed by atoms with Crippen molar-refractivity contribution in [2.45, 2.75) is 26.0 Å². The Kier molecular flexibility index (Phi) is 6.74. The Morgan fingerprint density at radius 1 is 1.36 bits per heavy atom. The number of nitriles is 1. The fourth-order valence-electron chi connectivity index (χ4n) is 3.58. The lowest BCUT2D eigenvalue weighted by molar-refractivity contribution is 0.0978. The van der Waals surface area contributed by atoms with Gasteiger partial charge >= 0.3 is 0 Å². The highest BCUT2D eigenvalue weighted by Gasteiger charge is 2.23. The van der Waals surface area contributed by atoms with Crippen molar-refractivity contribution < 1.29 is 18.8 Å². The maximum Gasteiger partial charge on any atom is 0.282 e. The number of aliphatic hydroxyl groups is 1. The first-order valence-electron chi connectivity index (χ1n) is 10.2. The van der Waals surface area contributed by atoms with E-state index in [2.05, 4.69) is 15.8 Å². The molecule has 3 aromatic rings. The third kappa shape index (κ3) is 5.06. The lowest BCUT2D eigenvalue weighted by Crippen LogP contribution is -2.25. The van der Waals surface area contributed by atoms with E-state index in [1.807, 2.05) is 35.2 Å². The van der Waals surface area contributed by atoms with E-state index in [1.165, 1.54) is 17.6 Å². The highest BCUT2D eigenvalue weighted by molar-refractivity contribution is 7.82. The summed E-state index contributed by atoms with van der Waals surface area (Å²) in [5.74, 6) is 0.184. The number of ether oxygens (including phenoxy) is 1. The van der Waals surface area contributed by atoms with E-state index in [0.717, 1.165) is 16.8 Å². The molecule has 1 aliphatic rings. The van der Waals surface area contributed by atoms with Crippen molar-refractivity contribution in [3.63, 3.8) is 0 Å². The summed E-state index contributed by atoms with van der Waals surface area (Å²) in [6.07, 6.45) is 1.35. The number of aromatic nitrogens is 1. The fraction of sp³-hybridized carbons (Fsp3) is 0.261. The normalized spacial score (nSPS) is 15.6. The van der Waals surface area contributed by atoms with Gasteiger partial charge in [-0.15, -0.1) is 11.3 Å². The molecule has 8 nitrogen and oxygen atoms in total. The highest BCUT2D eigenvalue weighted by Crippen LogP contribution is 2.36. The molecule has 2 atom stereocenters. The molecule has 4 rings (SSSR count). The van der Waals surface area contributed by atoms with E-state index in [9.17, 15) is 14.1 Å². The molecule has 0 saturated heterocycles. The zero-order valence-corrected chi connectivity index (χ0v) is 19.7. The van der Waals surface area contributed by atoms with Crippen molar-refractivity contribution in [2.75, 3.05) is 17.8 Å². The molecule has 10 heteroatoms. The minimum atomic E-state index is -1.50. The van der Waals surface area contributed by atoms with Gasteiger partial charge in [0.05, 0.1) is 30.9 Å². The molecule has 1 amide bonds. The van der Waals surface area contributed by atoms with Gasteiger partial charge in [-0.05, 0) is 48.9 Å². The van der Waals surface area contributed by atoms with Crippen LogP contribution in [0.3, 0.4) is 0 Å². The standard InChI is InChI=1S/C23H22N4O4S2/c1-14-21(22(29)26-33(2)30)25-23(32-14)27(17-6-3-15(12-24)4-7-17)13-16-5-8-20-18(11-16)19(28)9-10-31-20/h3-8,11,19,28H,9-10,13H2,1-2H3,(H,26,29). The number of rotatable bonds is 6. The van der Waals surface area contributed by atoms with Crippen LogP contribution in [0, 0.1) is 18.3 Å². The van der Waals surface area contributed by atoms with Crippen LogP contribution in [0.4, 0.5) is 10.8 Å². The van der Waals surface area contributed by atoms with Crippen LogP contribution in [-0.4, -0.2) is 33.1 Å². The van der Waals surface area contributed by atoms with Gasteiger partial charge in [-0.25, -0.2) is 9.19 Å². The maximum absolute atomic E-state index is 12.4. The zero-order valence-electron chi connectivity index (χ0n) is 18.1. The van der Waals surface area contributed by atoms with Crippen molar-refractivity contribution in [1.82, 2.24) is 9.71 Å². The molecule has 0 aliphatic carbocycles. The Balaban J connectivity index is 1.72. The molecule has 2 N–H and O–H groups in total. The van der Waals surface area contributed by atoms with Crippen LogP contribution in [0.2, 0.25) is 0 Å². The number of amides is 1. The smallest absolute Gasteiger partial charge is 0.282 e. The molecule has 2 heterocycles. The average Bonchev–Trinajstić information content (AvgIpc) is 3.19. The van der Waals surface area contributed by atoms with E-state index >= 15 is 0 Å².